The minimum absolute atomic E-state index is 0.0166. The Kier molecular flexibility index (Phi) is 6.83. The predicted octanol–water partition coefficient (Wildman–Crippen LogP) is 1.67. The van der Waals surface area contributed by atoms with Crippen molar-refractivity contribution < 1.29 is 27.8 Å². The fraction of sp³-hybridized carbons (Fsp3) is 0.200. The number of hydrogen-bond donors (Lipinski definition) is 2. The van der Waals surface area contributed by atoms with Gasteiger partial charge in [0, 0.05) is 29.9 Å². The van der Waals surface area contributed by atoms with Gasteiger partial charge in [0.1, 0.15) is 29.3 Å². The van der Waals surface area contributed by atoms with Crippen LogP contribution < -0.4 is 4.74 Å². The molecule has 35 heavy (non-hydrogen) atoms. The third kappa shape index (κ3) is 5.16. The zero-order valence-corrected chi connectivity index (χ0v) is 19.1. The number of sulfonamides is 1. The summed E-state index contributed by atoms with van der Waals surface area (Å²) < 4.78 is 46.8. The normalized spacial score (nSPS) is 20.0. The van der Waals surface area contributed by atoms with E-state index >= 15 is 0 Å². The monoisotopic (exact) mass is 493 g/mol. The minimum Gasteiger partial charge on any atom is -0.486 e. The number of aliphatic hydroxyl groups excluding tert-OH is 1. The molecular formula is C25H20FN3O5S. The number of nitriles is 1. The van der Waals surface area contributed by atoms with Crippen molar-refractivity contribution in [2.45, 2.75) is 16.7 Å². The number of aliphatic hydroxyl groups is 2. The predicted molar refractivity (Wildman–Crippen MR) is 123 cm³/mol. The van der Waals surface area contributed by atoms with Crippen molar-refractivity contribution in [2.24, 2.45) is 0 Å². The maximum Gasteiger partial charge on any atom is 0.260 e. The molecule has 0 radical (unpaired) electrons. The van der Waals surface area contributed by atoms with Crippen LogP contribution in [0.15, 0.2) is 71.9 Å². The van der Waals surface area contributed by atoms with Crippen LogP contribution in [0.25, 0.3) is 0 Å². The first-order chi connectivity index (χ1) is 16.7. The summed E-state index contributed by atoms with van der Waals surface area (Å²) in [5, 5.41) is 29.2. The maximum atomic E-state index is 13.9. The largest absolute Gasteiger partial charge is 0.486 e. The standard InChI is InChI=1S/C25H20FN3O5S/c26-22-12-21(10-9-20(22)13-27)34-23-15-29(16-25(23,31)17-30)35(32,33)24-11-8-19(14-28-24)7-6-18-4-2-1-3-5-18/h1-5,8-12,14,23,30-31H,15-17H2/t23-,25+/m0/s1. The zero-order valence-electron chi connectivity index (χ0n) is 18.3. The van der Waals surface area contributed by atoms with Gasteiger partial charge in [-0.05, 0) is 36.4 Å². The lowest BCUT2D eigenvalue weighted by Crippen LogP contribution is -2.48. The Morgan fingerprint density at radius 1 is 1.14 bits per heavy atom. The number of hydrogen-bond acceptors (Lipinski definition) is 7. The minimum atomic E-state index is -4.14. The van der Waals surface area contributed by atoms with E-state index in [1.807, 2.05) is 30.3 Å². The highest BCUT2D eigenvalue weighted by molar-refractivity contribution is 7.89. The van der Waals surface area contributed by atoms with Crippen LogP contribution in [0.3, 0.4) is 0 Å². The number of rotatable bonds is 5. The lowest BCUT2D eigenvalue weighted by Gasteiger charge is -2.27. The van der Waals surface area contributed by atoms with E-state index < -0.39 is 40.7 Å². The van der Waals surface area contributed by atoms with Gasteiger partial charge < -0.3 is 14.9 Å². The third-order valence-corrected chi connectivity index (χ3v) is 7.23. The molecule has 8 nitrogen and oxygen atoms in total. The number of halogens is 1. The van der Waals surface area contributed by atoms with Gasteiger partial charge >= 0.3 is 0 Å². The lowest BCUT2D eigenvalue weighted by atomic mass is 10.0. The van der Waals surface area contributed by atoms with E-state index in [2.05, 4.69) is 16.8 Å². The fourth-order valence-electron chi connectivity index (χ4n) is 3.54. The van der Waals surface area contributed by atoms with Crippen LogP contribution in [0.1, 0.15) is 16.7 Å². The van der Waals surface area contributed by atoms with Crippen LogP contribution in [0.4, 0.5) is 4.39 Å². The van der Waals surface area contributed by atoms with Crippen LogP contribution in [0.2, 0.25) is 0 Å². The van der Waals surface area contributed by atoms with E-state index in [1.165, 1.54) is 30.5 Å². The van der Waals surface area contributed by atoms with Crippen molar-refractivity contribution >= 4 is 10.0 Å². The van der Waals surface area contributed by atoms with E-state index in [-0.39, 0.29) is 22.9 Å². The molecule has 2 heterocycles. The van der Waals surface area contributed by atoms with Gasteiger partial charge in [0.25, 0.3) is 10.0 Å². The quantitative estimate of drug-likeness (QED) is 0.518. The Bertz CT molecular complexity index is 1430. The number of pyridine rings is 1. The number of aromatic nitrogens is 1. The molecule has 2 atom stereocenters. The first-order valence-corrected chi connectivity index (χ1v) is 11.9. The van der Waals surface area contributed by atoms with Crippen LogP contribution in [-0.4, -0.2) is 59.3 Å². The Balaban J connectivity index is 1.52. The van der Waals surface area contributed by atoms with Gasteiger partial charge in [0.15, 0.2) is 5.03 Å². The second-order valence-electron chi connectivity index (χ2n) is 7.92. The molecule has 10 heteroatoms. The summed E-state index contributed by atoms with van der Waals surface area (Å²) in [6.45, 7) is -1.55. The maximum absolute atomic E-state index is 13.9. The van der Waals surface area contributed by atoms with Gasteiger partial charge in [0.2, 0.25) is 0 Å². The summed E-state index contributed by atoms with van der Waals surface area (Å²) in [5.41, 5.74) is -0.797. The summed E-state index contributed by atoms with van der Waals surface area (Å²) in [6, 6.07) is 17.3. The third-order valence-electron chi connectivity index (χ3n) is 5.50. The zero-order chi connectivity index (χ0) is 25.1. The summed E-state index contributed by atoms with van der Waals surface area (Å²) in [7, 11) is -4.14. The SMILES string of the molecule is N#Cc1ccc(O[C@H]2CN(S(=O)(=O)c3ccc(C#Cc4ccccc4)cn3)C[C@@]2(O)CO)cc1F. The summed E-state index contributed by atoms with van der Waals surface area (Å²) in [5.74, 6) is 5.04. The molecule has 2 aromatic carbocycles. The molecule has 1 saturated heterocycles. The fourth-order valence-corrected chi connectivity index (χ4v) is 4.95. The molecular weight excluding hydrogens is 473 g/mol. The Morgan fingerprint density at radius 2 is 1.89 bits per heavy atom. The van der Waals surface area contributed by atoms with Crippen LogP contribution in [-0.2, 0) is 10.0 Å². The number of β-amino-alcohol motifs (C(OH)–C–C–N with tert-alkyl or cyclic N) is 1. The van der Waals surface area contributed by atoms with Crippen molar-refractivity contribution in [3.63, 3.8) is 0 Å². The number of benzene rings is 2. The molecule has 1 aromatic heterocycles. The highest BCUT2D eigenvalue weighted by Gasteiger charge is 2.51. The van der Waals surface area contributed by atoms with E-state index in [0.717, 1.165) is 15.9 Å². The Hall–Kier alpha value is -3.80. The van der Waals surface area contributed by atoms with Gasteiger partial charge in [0.05, 0.1) is 18.7 Å². The van der Waals surface area contributed by atoms with Gasteiger partial charge in [-0.1, -0.05) is 30.0 Å². The van der Waals surface area contributed by atoms with Crippen LogP contribution in [0, 0.1) is 29.0 Å². The molecule has 178 valence electrons. The smallest absolute Gasteiger partial charge is 0.260 e. The molecule has 0 amide bonds. The van der Waals surface area contributed by atoms with Crippen molar-refractivity contribution in [3.8, 4) is 23.7 Å². The molecule has 4 rings (SSSR count). The molecule has 0 unspecified atom stereocenters. The first-order valence-electron chi connectivity index (χ1n) is 10.5. The van der Waals surface area contributed by atoms with E-state index in [1.54, 1.807) is 6.07 Å². The van der Waals surface area contributed by atoms with Crippen molar-refractivity contribution in [1.29, 1.82) is 5.26 Å². The Morgan fingerprint density at radius 3 is 2.51 bits per heavy atom. The van der Waals surface area contributed by atoms with Crippen molar-refractivity contribution in [3.05, 3.63) is 89.4 Å². The van der Waals surface area contributed by atoms with Gasteiger partial charge in [-0.15, -0.1) is 0 Å². The average molecular weight is 494 g/mol. The Labute approximate surface area is 201 Å². The van der Waals surface area contributed by atoms with Crippen LogP contribution in [0.5, 0.6) is 5.75 Å². The summed E-state index contributed by atoms with van der Waals surface area (Å²) >= 11 is 0. The van der Waals surface area contributed by atoms with Crippen molar-refractivity contribution in [1.82, 2.24) is 9.29 Å². The first kappa shape index (κ1) is 24.3. The van der Waals surface area contributed by atoms with E-state index in [0.29, 0.717) is 5.56 Å². The van der Waals surface area contributed by atoms with E-state index in [9.17, 15) is 23.0 Å². The van der Waals surface area contributed by atoms with Crippen LogP contribution >= 0.6 is 0 Å². The molecule has 1 aliphatic rings. The highest BCUT2D eigenvalue weighted by atomic mass is 32.2. The van der Waals surface area contributed by atoms with Gasteiger partial charge in [-0.3, -0.25) is 0 Å². The van der Waals surface area contributed by atoms with Gasteiger partial charge in [-0.2, -0.15) is 9.57 Å². The molecule has 0 saturated carbocycles. The molecule has 0 bridgehead atoms. The molecule has 0 aliphatic carbocycles. The van der Waals surface area contributed by atoms with Crippen molar-refractivity contribution in [2.75, 3.05) is 19.7 Å². The second-order valence-corrected chi connectivity index (χ2v) is 9.81. The average Bonchev–Trinajstić information content (AvgIpc) is 3.21. The summed E-state index contributed by atoms with van der Waals surface area (Å²) in [6.07, 6.45) is 0.149. The number of ether oxygens (including phenoxy) is 1. The van der Waals surface area contributed by atoms with Gasteiger partial charge in [-0.25, -0.2) is 17.8 Å². The number of nitrogens with zero attached hydrogens (tertiary/aromatic N) is 3. The van der Waals surface area contributed by atoms with E-state index in [4.69, 9.17) is 10.00 Å². The molecule has 1 aliphatic heterocycles. The highest BCUT2D eigenvalue weighted by Crippen LogP contribution is 2.30. The second kappa shape index (κ2) is 9.82. The molecule has 3 aromatic rings. The molecule has 2 N–H and O–H groups in total. The summed E-state index contributed by atoms with van der Waals surface area (Å²) in [4.78, 5) is 4.02. The lowest BCUT2D eigenvalue weighted by molar-refractivity contribution is -0.0641. The molecule has 1 fully saturated rings. The molecule has 0 spiro atoms. The topological polar surface area (TPSA) is 124 Å².